The van der Waals surface area contributed by atoms with E-state index in [4.69, 9.17) is 0 Å². The number of anilines is 1. The van der Waals surface area contributed by atoms with Crippen molar-refractivity contribution < 1.29 is 0 Å². The molecule has 0 aliphatic heterocycles. The minimum absolute atomic E-state index is 0.639. The first-order chi connectivity index (χ1) is 6.83. The van der Waals surface area contributed by atoms with E-state index in [0.717, 1.165) is 15.2 Å². The summed E-state index contributed by atoms with van der Waals surface area (Å²) in [6.07, 6.45) is 4.31. The SMILES string of the molecule is Ic1cc(NC2CC2)n2nccc2n1. The summed E-state index contributed by atoms with van der Waals surface area (Å²) in [6.45, 7) is 0. The van der Waals surface area contributed by atoms with Crippen LogP contribution in [0.3, 0.4) is 0 Å². The lowest BCUT2D eigenvalue weighted by molar-refractivity contribution is 0.919. The van der Waals surface area contributed by atoms with Crippen molar-refractivity contribution >= 4 is 34.1 Å². The van der Waals surface area contributed by atoms with Gasteiger partial charge in [0.05, 0.1) is 6.20 Å². The summed E-state index contributed by atoms with van der Waals surface area (Å²) < 4.78 is 2.85. The molecule has 0 spiro atoms. The average molecular weight is 300 g/mol. The van der Waals surface area contributed by atoms with Crippen LogP contribution < -0.4 is 5.32 Å². The van der Waals surface area contributed by atoms with Gasteiger partial charge in [-0.25, -0.2) is 4.98 Å². The first-order valence-electron chi connectivity index (χ1n) is 4.60. The van der Waals surface area contributed by atoms with Crippen LogP contribution in [-0.2, 0) is 0 Å². The number of fused-ring (bicyclic) bond motifs is 1. The lowest BCUT2D eigenvalue weighted by atomic mass is 10.5. The van der Waals surface area contributed by atoms with Gasteiger partial charge in [0.15, 0.2) is 5.65 Å². The van der Waals surface area contributed by atoms with Crippen LogP contribution in [0.4, 0.5) is 5.82 Å². The van der Waals surface area contributed by atoms with Crippen LogP contribution in [0.1, 0.15) is 12.8 Å². The summed E-state index contributed by atoms with van der Waals surface area (Å²) in [6, 6.07) is 4.58. The maximum Gasteiger partial charge on any atom is 0.158 e. The van der Waals surface area contributed by atoms with E-state index in [-0.39, 0.29) is 0 Å². The molecule has 0 saturated heterocycles. The van der Waals surface area contributed by atoms with E-state index in [9.17, 15) is 0 Å². The molecule has 0 radical (unpaired) electrons. The van der Waals surface area contributed by atoms with Crippen LogP contribution in [0.5, 0.6) is 0 Å². The van der Waals surface area contributed by atoms with Gasteiger partial charge in [0.25, 0.3) is 0 Å². The molecule has 1 fully saturated rings. The van der Waals surface area contributed by atoms with Gasteiger partial charge in [-0.3, -0.25) is 0 Å². The molecular weight excluding hydrogens is 291 g/mol. The number of rotatable bonds is 2. The molecule has 1 aliphatic rings. The molecule has 0 amide bonds. The maximum atomic E-state index is 4.37. The minimum atomic E-state index is 0.639. The summed E-state index contributed by atoms with van der Waals surface area (Å²) in [4.78, 5) is 4.37. The second-order valence-corrected chi connectivity index (χ2v) is 4.59. The molecule has 5 heteroatoms. The zero-order valence-corrected chi connectivity index (χ0v) is 9.60. The Hall–Kier alpha value is -0.850. The Balaban J connectivity index is 2.13. The molecule has 14 heavy (non-hydrogen) atoms. The summed E-state index contributed by atoms with van der Waals surface area (Å²) in [5, 5.41) is 7.67. The molecule has 0 atom stereocenters. The van der Waals surface area contributed by atoms with E-state index >= 15 is 0 Å². The van der Waals surface area contributed by atoms with Gasteiger partial charge in [-0.1, -0.05) is 0 Å². The van der Waals surface area contributed by atoms with Crippen molar-refractivity contribution in [1.29, 1.82) is 0 Å². The predicted molar refractivity (Wildman–Crippen MR) is 62.3 cm³/mol. The molecule has 0 unspecified atom stereocenters. The van der Waals surface area contributed by atoms with Crippen LogP contribution in [-0.4, -0.2) is 20.6 Å². The highest BCUT2D eigenvalue weighted by Gasteiger charge is 2.22. The molecule has 4 nitrogen and oxygen atoms in total. The fourth-order valence-corrected chi connectivity index (χ4v) is 1.96. The number of halogens is 1. The Morgan fingerprint density at radius 3 is 3.14 bits per heavy atom. The van der Waals surface area contributed by atoms with Crippen molar-refractivity contribution in [2.24, 2.45) is 0 Å². The smallest absolute Gasteiger partial charge is 0.158 e. The van der Waals surface area contributed by atoms with E-state index in [1.54, 1.807) is 6.20 Å². The molecule has 3 rings (SSSR count). The van der Waals surface area contributed by atoms with E-state index in [1.165, 1.54) is 12.8 Å². The molecule has 2 aromatic rings. The van der Waals surface area contributed by atoms with Crippen LogP contribution in [0.15, 0.2) is 18.3 Å². The summed E-state index contributed by atoms with van der Waals surface area (Å²) in [5.74, 6) is 1.05. The summed E-state index contributed by atoms with van der Waals surface area (Å²) >= 11 is 2.23. The predicted octanol–water partition coefficient (Wildman–Crippen LogP) is 1.91. The van der Waals surface area contributed by atoms with E-state index in [0.29, 0.717) is 6.04 Å². The van der Waals surface area contributed by atoms with Gasteiger partial charge in [-0.2, -0.15) is 9.61 Å². The van der Waals surface area contributed by atoms with Gasteiger partial charge in [0, 0.05) is 18.2 Å². The van der Waals surface area contributed by atoms with Crippen molar-refractivity contribution in [3.05, 3.63) is 22.0 Å². The zero-order chi connectivity index (χ0) is 9.54. The maximum absolute atomic E-state index is 4.37. The average Bonchev–Trinajstić information content (AvgIpc) is 2.81. The highest BCUT2D eigenvalue weighted by Crippen LogP contribution is 2.25. The van der Waals surface area contributed by atoms with Gasteiger partial charge in [0.2, 0.25) is 0 Å². The largest absolute Gasteiger partial charge is 0.367 e. The lowest BCUT2D eigenvalue weighted by Gasteiger charge is -2.06. The topological polar surface area (TPSA) is 42.2 Å². The standard InChI is InChI=1S/C9H9IN4/c10-7-5-9(12-6-1-2-6)14-8(13-7)3-4-11-14/h3-6,12H,1-2H2. The van der Waals surface area contributed by atoms with Crippen LogP contribution in [0.2, 0.25) is 0 Å². The van der Waals surface area contributed by atoms with E-state index in [1.807, 2.05) is 16.6 Å². The normalized spacial score (nSPS) is 16.1. The molecular formula is C9H9IN4. The zero-order valence-electron chi connectivity index (χ0n) is 7.44. The monoisotopic (exact) mass is 300 g/mol. The molecule has 2 heterocycles. The third-order valence-electron chi connectivity index (χ3n) is 2.26. The molecule has 72 valence electrons. The number of nitrogens with zero attached hydrogens (tertiary/aromatic N) is 3. The second-order valence-electron chi connectivity index (χ2n) is 3.48. The fraction of sp³-hybridized carbons (Fsp3) is 0.333. The van der Waals surface area contributed by atoms with Gasteiger partial charge in [-0.15, -0.1) is 0 Å². The quantitative estimate of drug-likeness (QED) is 0.680. The first-order valence-corrected chi connectivity index (χ1v) is 5.67. The second kappa shape index (κ2) is 3.08. The third-order valence-corrected chi connectivity index (χ3v) is 2.81. The van der Waals surface area contributed by atoms with Crippen LogP contribution in [0.25, 0.3) is 5.65 Å². The van der Waals surface area contributed by atoms with E-state index in [2.05, 4.69) is 38.0 Å². The van der Waals surface area contributed by atoms with Crippen LogP contribution in [0, 0.1) is 3.70 Å². The van der Waals surface area contributed by atoms with Crippen molar-refractivity contribution in [3.63, 3.8) is 0 Å². The number of hydrogen-bond donors (Lipinski definition) is 1. The van der Waals surface area contributed by atoms with Gasteiger partial charge in [0.1, 0.15) is 9.52 Å². The minimum Gasteiger partial charge on any atom is -0.367 e. The van der Waals surface area contributed by atoms with Crippen molar-refractivity contribution in [3.8, 4) is 0 Å². The first kappa shape index (κ1) is 8.46. The van der Waals surface area contributed by atoms with Crippen molar-refractivity contribution in [2.75, 3.05) is 5.32 Å². The van der Waals surface area contributed by atoms with Crippen molar-refractivity contribution in [1.82, 2.24) is 14.6 Å². The highest BCUT2D eigenvalue weighted by molar-refractivity contribution is 14.1. The molecule has 1 saturated carbocycles. The Morgan fingerprint density at radius 1 is 1.50 bits per heavy atom. The Kier molecular flexibility index (Phi) is 1.86. The molecule has 2 aromatic heterocycles. The number of nitrogens with one attached hydrogen (secondary N) is 1. The Morgan fingerprint density at radius 2 is 2.36 bits per heavy atom. The number of aromatic nitrogens is 3. The highest BCUT2D eigenvalue weighted by atomic mass is 127. The summed E-state index contributed by atoms with van der Waals surface area (Å²) in [5.41, 5.74) is 0.903. The lowest BCUT2D eigenvalue weighted by Crippen LogP contribution is -2.08. The molecule has 1 N–H and O–H groups in total. The third kappa shape index (κ3) is 1.45. The van der Waals surface area contributed by atoms with E-state index < -0.39 is 0 Å². The van der Waals surface area contributed by atoms with Gasteiger partial charge >= 0.3 is 0 Å². The Labute approximate surface area is 94.9 Å². The van der Waals surface area contributed by atoms with Crippen molar-refractivity contribution in [2.45, 2.75) is 18.9 Å². The molecule has 1 aliphatic carbocycles. The Bertz CT molecular complexity index is 475. The van der Waals surface area contributed by atoms with Gasteiger partial charge in [-0.05, 0) is 35.4 Å². The number of hydrogen-bond acceptors (Lipinski definition) is 3. The molecule has 0 bridgehead atoms. The summed E-state index contributed by atoms with van der Waals surface area (Å²) in [7, 11) is 0. The fourth-order valence-electron chi connectivity index (χ4n) is 1.42. The molecule has 0 aromatic carbocycles. The van der Waals surface area contributed by atoms with Crippen LogP contribution >= 0.6 is 22.6 Å². The van der Waals surface area contributed by atoms with Gasteiger partial charge < -0.3 is 5.32 Å².